The number of hydrogen-bond acceptors (Lipinski definition) is 6. The van der Waals surface area contributed by atoms with Crippen molar-refractivity contribution in [1.29, 1.82) is 5.26 Å². The van der Waals surface area contributed by atoms with Gasteiger partial charge in [0.2, 0.25) is 0 Å². The maximum atomic E-state index is 12.5. The molecule has 7 heteroatoms. The number of carbonyl (C=O) groups is 1. The van der Waals surface area contributed by atoms with Gasteiger partial charge in [0, 0.05) is 17.8 Å². The summed E-state index contributed by atoms with van der Waals surface area (Å²) in [5.74, 6) is 5.68. The van der Waals surface area contributed by atoms with Crippen LogP contribution in [0, 0.1) is 11.3 Å². The van der Waals surface area contributed by atoms with E-state index in [1.54, 1.807) is 17.0 Å². The topological polar surface area (TPSA) is 104 Å². The van der Waals surface area contributed by atoms with Gasteiger partial charge in [-0.05, 0) is 18.6 Å². The number of morpholine rings is 1. The molecule has 2 rings (SSSR count). The molecule has 0 bridgehead atoms. The maximum absolute atomic E-state index is 12.5. The summed E-state index contributed by atoms with van der Waals surface area (Å²) in [4.78, 5) is 18.3. The van der Waals surface area contributed by atoms with Gasteiger partial charge in [-0.1, -0.05) is 6.92 Å². The highest BCUT2D eigenvalue weighted by atomic mass is 16.5. The standard InChI is InChI=1S/C13H17N5O2/c1-2-10-5-9(6-12(16-10)17-15)13(19)18-3-4-20-11(7-14)8-18/h5-6,11H,2-4,8,15H2,1H3,(H,16,17). The molecule has 1 saturated heterocycles. The maximum Gasteiger partial charge on any atom is 0.254 e. The van der Waals surface area contributed by atoms with E-state index in [0.717, 1.165) is 5.69 Å². The van der Waals surface area contributed by atoms with Crippen LogP contribution in [0.1, 0.15) is 23.0 Å². The summed E-state index contributed by atoms with van der Waals surface area (Å²) in [6.07, 6.45) is 0.145. The Labute approximate surface area is 117 Å². The second kappa shape index (κ2) is 6.32. The molecule has 0 spiro atoms. The number of rotatable bonds is 3. The number of nitrogens with zero attached hydrogens (tertiary/aromatic N) is 3. The van der Waals surface area contributed by atoms with Gasteiger partial charge in [-0.15, -0.1) is 0 Å². The number of hydrogen-bond donors (Lipinski definition) is 2. The monoisotopic (exact) mass is 275 g/mol. The fourth-order valence-electron chi connectivity index (χ4n) is 2.06. The molecular formula is C13H17N5O2. The highest BCUT2D eigenvalue weighted by Gasteiger charge is 2.25. The van der Waals surface area contributed by atoms with Crippen LogP contribution >= 0.6 is 0 Å². The number of ether oxygens (including phenoxy) is 1. The zero-order valence-electron chi connectivity index (χ0n) is 11.3. The van der Waals surface area contributed by atoms with Gasteiger partial charge in [0.25, 0.3) is 5.91 Å². The first-order valence-electron chi connectivity index (χ1n) is 6.46. The Morgan fingerprint density at radius 3 is 3.15 bits per heavy atom. The van der Waals surface area contributed by atoms with E-state index in [9.17, 15) is 4.79 Å². The van der Waals surface area contributed by atoms with Gasteiger partial charge in [-0.25, -0.2) is 10.8 Å². The van der Waals surface area contributed by atoms with Crippen LogP contribution < -0.4 is 11.3 Å². The fraction of sp³-hybridized carbons (Fsp3) is 0.462. The summed E-state index contributed by atoms with van der Waals surface area (Å²) in [7, 11) is 0. The highest BCUT2D eigenvalue weighted by Crippen LogP contribution is 2.15. The lowest BCUT2D eigenvalue weighted by atomic mass is 10.1. The van der Waals surface area contributed by atoms with Crippen LogP contribution in [-0.4, -0.2) is 41.6 Å². The number of aromatic nitrogens is 1. The van der Waals surface area contributed by atoms with Crippen LogP contribution in [0.15, 0.2) is 12.1 Å². The first-order valence-corrected chi connectivity index (χ1v) is 6.46. The molecule has 1 aromatic heterocycles. The first kappa shape index (κ1) is 14.2. The number of nitrogens with one attached hydrogen (secondary N) is 1. The largest absolute Gasteiger partial charge is 0.360 e. The zero-order chi connectivity index (χ0) is 14.5. The van der Waals surface area contributed by atoms with Gasteiger partial charge >= 0.3 is 0 Å². The third-order valence-corrected chi connectivity index (χ3v) is 3.13. The van der Waals surface area contributed by atoms with E-state index in [2.05, 4.69) is 10.4 Å². The molecule has 106 valence electrons. The van der Waals surface area contributed by atoms with Crippen molar-refractivity contribution >= 4 is 11.7 Å². The van der Waals surface area contributed by atoms with Crippen molar-refractivity contribution in [2.24, 2.45) is 5.84 Å². The van der Waals surface area contributed by atoms with Crippen molar-refractivity contribution in [1.82, 2.24) is 9.88 Å². The van der Waals surface area contributed by atoms with E-state index in [4.69, 9.17) is 15.8 Å². The molecule has 20 heavy (non-hydrogen) atoms. The fourth-order valence-corrected chi connectivity index (χ4v) is 2.06. The summed E-state index contributed by atoms with van der Waals surface area (Å²) < 4.78 is 5.23. The summed E-state index contributed by atoms with van der Waals surface area (Å²) >= 11 is 0. The Morgan fingerprint density at radius 1 is 1.70 bits per heavy atom. The highest BCUT2D eigenvalue weighted by molar-refractivity contribution is 5.95. The molecule has 1 fully saturated rings. The predicted octanol–water partition coefficient (Wildman–Crippen LogP) is 0.294. The zero-order valence-corrected chi connectivity index (χ0v) is 11.3. The van der Waals surface area contributed by atoms with Crippen molar-refractivity contribution in [2.75, 3.05) is 25.1 Å². The van der Waals surface area contributed by atoms with E-state index < -0.39 is 6.10 Å². The minimum absolute atomic E-state index is 0.137. The first-order chi connectivity index (χ1) is 9.67. The second-order valence-corrected chi connectivity index (χ2v) is 4.47. The Hall–Kier alpha value is -2.17. The molecular weight excluding hydrogens is 258 g/mol. The number of carbonyl (C=O) groups excluding carboxylic acids is 1. The van der Waals surface area contributed by atoms with Crippen molar-refractivity contribution < 1.29 is 9.53 Å². The van der Waals surface area contributed by atoms with Crippen molar-refractivity contribution in [3.8, 4) is 6.07 Å². The number of nitrogens with two attached hydrogens (primary N) is 1. The second-order valence-electron chi connectivity index (χ2n) is 4.47. The van der Waals surface area contributed by atoms with Gasteiger partial charge < -0.3 is 15.1 Å². The van der Waals surface area contributed by atoms with E-state index >= 15 is 0 Å². The van der Waals surface area contributed by atoms with Crippen LogP contribution in [0.25, 0.3) is 0 Å². The lowest BCUT2D eigenvalue weighted by Crippen LogP contribution is -2.45. The van der Waals surface area contributed by atoms with Gasteiger partial charge in [0.05, 0.1) is 19.2 Å². The van der Waals surface area contributed by atoms with Crippen molar-refractivity contribution in [3.63, 3.8) is 0 Å². The van der Waals surface area contributed by atoms with Gasteiger partial charge in [0.1, 0.15) is 5.82 Å². The molecule has 7 nitrogen and oxygen atoms in total. The molecule has 2 heterocycles. The minimum Gasteiger partial charge on any atom is -0.360 e. The molecule has 0 aliphatic carbocycles. The van der Waals surface area contributed by atoms with E-state index in [1.807, 2.05) is 13.0 Å². The molecule has 1 aliphatic heterocycles. The Bertz CT molecular complexity index is 518. The smallest absolute Gasteiger partial charge is 0.254 e. The van der Waals surface area contributed by atoms with E-state index in [0.29, 0.717) is 31.0 Å². The molecule has 1 amide bonds. The summed E-state index contributed by atoms with van der Waals surface area (Å²) in [6.45, 7) is 3.09. The average molecular weight is 275 g/mol. The van der Waals surface area contributed by atoms with Crippen LogP contribution in [0.2, 0.25) is 0 Å². The van der Waals surface area contributed by atoms with E-state index in [1.165, 1.54) is 0 Å². The number of nitriles is 1. The lowest BCUT2D eigenvalue weighted by molar-refractivity contribution is 0.00346. The Morgan fingerprint density at radius 2 is 2.50 bits per heavy atom. The van der Waals surface area contributed by atoms with Crippen LogP contribution in [0.5, 0.6) is 0 Å². The third-order valence-electron chi connectivity index (χ3n) is 3.13. The average Bonchev–Trinajstić information content (AvgIpc) is 2.53. The summed E-state index contributed by atoms with van der Waals surface area (Å²) in [5, 5.41) is 8.88. The summed E-state index contributed by atoms with van der Waals surface area (Å²) in [6, 6.07) is 5.38. The number of aryl methyl sites for hydroxylation is 1. The van der Waals surface area contributed by atoms with Gasteiger partial charge in [-0.2, -0.15) is 5.26 Å². The third kappa shape index (κ3) is 3.04. The number of anilines is 1. The Kier molecular flexibility index (Phi) is 4.50. The predicted molar refractivity (Wildman–Crippen MR) is 72.7 cm³/mol. The molecule has 0 saturated carbocycles. The summed E-state index contributed by atoms with van der Waals surface area (Å²) in [5.41, 5.74) is 3.76. The van der Waals surface area contributed by atoms with Gasteiger partial charge in [0.15, 0.2) is 6.10 Å². The van der Waals surface area contributed by atoms with Crippen molar-refractivity contribution in [2.45, 2.75) is 19.4 Å². The molecule has 1 aromatic rings. The molecule has 0 aromatic carbocycles. The van der Waals surface area contributed by atoms with Gasteiger partial charge in [-0.3, -0.25) is 4.79 Å². The Balaban J connectivity index is 2.22. The normalized spacial score (nSPS) is 18.4. The number of amides is 1. The quantitative estimate of drug-likeness (QED) is 0.607. The number of hydrazine groups is 1. The van der Waals surface area contributed by atoms with E-state index in [-0.39, 0.29) is 12.5 Å². The van der Waals surface area contributed by atoms with Crippen LogP contribution in [-0.2, 0) is 11.2 Å². The number of nitrogen functional groups attached to an aromatic ring is 1. The van der Waals surface area contributed by atoms with Crippen molar-refractivity contribution in [3.05, 3.63) is 23.4 Å². The lowest BCUT2D eigenvalue weighted by Gasteiger charge is -2.30. The molecule has 0 radical (unpaired) electrons. The molecule has 1 unspecified atom stereocenters. The van der Waals surface area contributed by atoms with Crippen LogP contribution in [0.4, 0.5) is 5.82 Å². The molecule has 1 atom stereocenters. The van der Waals surface area contributed by atoms with Crippen LogP contribution in [0.3, 0.4) is 0 Å². The SMILES string of the molecule is CCc1cc(C(=O)N2CCOC(C#N)C2)cc(NN)n1. The molecule has 3 N–H and O–H groups in total. The molecule has 1 aliphatic rings. The number of pyridine rings is 1. The minimum atomic E-state index is -0.563.